The van der Waals surface area contributed by atoms with Gasteiger partial charge in [-0.3, -0.25) is 9.36 Å². The number of nitrogens with one attached hydrogen (secondary N) is 2. The van der Waals surface area contributed by atoms with E-state index in [0.29, 0.717) is 24.0 Å². The summed E-state index contributed by atoms with van der Waals surface area (Å²) in [6.07, 6.45) is 1.89. The average Bonchev–Trinajstić information content (AvgIpc) is 3.17. The van der Waals surface area contributed by atoms with Gasteiger partial charge in [0.2, 0.25) is 5.91 Å². The second-order valence-corrected chi connectivity index (χ2v) is 6.35. The molecule has 0 radical (unpaired) electrons. The smallest absolute Gasteiger partial charge is 0.344 e. The Labute approximate surface area is 141 Å². The van der Waals surface area contributed by atoms with Crippen LogP contribution < -0.4 is 11.0 Å². The number of nitrogens with zero attached hydrogens (tertiary/aromatic N) is 2. The highest BCUT2D eigenvalue weighted by molar-refractivity contribution is 7.99. The SMILES string of the molecule is O=C(CSc1n[nH]c(=O)n1C[C@@H]1CCCO1)Nc1cccc(F)c1. The number of carbonyl (C=O) groups excluding carboxylic acids is 1. The van der Waals surface area contributed by atoms with Crippen LogP contribution >= 0.6 is 11.8 Å². The van der Waals surface area contributed by atoms with Crippen LogP contribution in [0.1, 0.15) is 12.8 Å². The number of thioether (sulfide) groups is 1. The number of carbonyl (C=O) groups is 1. The summed E-state index contributed by atoms with van der Waals surface area (Å²) in [5.74, 6) is -0.658. The number of hydrogen-bond donors (Lipinski definition) is 2. The Hall–Kier alpha value is -2.13. The van der Waals surface area contributed by atoms with Crippen LogP contribution in [0.3, 0.4) is 0 Å². The summed E-state index contributed by atoms with van der Waals surface area (Å²) in [4.78, 5) is 23.8. The lowest BCUT2D eigenvalue weighted by Gasteiger charge is -2.11. The van der Waals surface area contributed by atoms with Gasteiger partial charge in [0.15, 0.2) is 5.16 Å². The third kappa shape index (κ3) is 4.24. The van der Waals surface area contributed by atoms with Crippen molar-refractivity contribution in [2.45, 2.75) is 30.6 Å². The van der Waals surface area contributed by atoms with E-state index in [9.17, 15) is 14.0 Å². The van der Waals surface area contributed by atoms with Crippen LogP contribution in [0, 0.1) is 5.82 Å². The fourth-order valence-corrected chi connectivity index (χ4v) is 3.22. The third-order valence-corrected chi connectivity index (χ3v) is 4.55. The first-order valence-corrected chi connectivity index (χ1v) is 8.55. The maximum absolute atomic E-state index is 13.1. The number of aromatic nitrogens is 3. The molecule has 1 amide bonds. The first kappa shape index (κ1) is 16.7. The minimum atomic E-state index is -0.418. The number of rotatable bonds is 6. The maximum atomic E-state index is 13.1. The zero-order valence-electron chi connectivity index (χ0n) is 12.8. The van der Waals surface area contributed by atoms with Gasteiger partial charge >= 0.3 is 5.69 Å². The molecule has 2 aromatic rings. The predicted octanol–water partition coefficient (Wildman–Crippen LogP) is 1.62. The van der Waals surface area contributed by atoms with Crippen LogP contribution in [0.25, 0.3) is 0 Å². The molecule has 1 fully saturated rings. The molecule has 1 saturated heterocycles. The van der Waals surface area contributed by atoms with Gasteiger partial charge in [-0.1, -0.05) is 17.8 Å². The topological polar surface area (TPSA) is 89.0 Å². The number of amides is 1. The van der Waals surface area contributed by atoms with Crippen molar-refractivity contribution in [1.82, 2.24) is 14.8 Å². The first-order chi connectivity index (χ1) is 11.6. The van der Waals surface area contributed by atoms with E-state index in [2.05, 4.69) is 15.5 Å². The molecule has 1 aliphatic heterocycles. The number of anilines is 1. The molecular formula is C15H17FN4O3S. The van der Waals surface area contributed by atoms with E-state index in [0.717, 1.165) is 24.6 Å². The number of aromatic amines is 1. The van der Waals surface area contributed by atoms with E-state index in [1.165, 1.54) is 22.8 Å². The Kier molecular flexibility index (Phi) is 5.31. The molecule has 0 unspecified atom stereocenters. The summed E-state index contributed by atoms with van der Waals surface area (Å²) in [7, 11) is 0. The molecule has 2 heterocycles. The fourth-order valence-electron chi connectivity index (χ4n) is 2.46. The van der Waals surface area contributed by atoms with Gasteiger partial charge in [-0.15, -0.1) is 5.10 Å². The second-order valence-electron chi connectivity index (χ2n) is 5.40. The molecule has 3 rings (SSSR count). The molecule has 128 valence electrons. The van der Waals surface area contributed by atoms with Crippen LogP contribution in [-0.2, 0) is 16.1 Å². The van der Waals surface area contributed by atoms with Gasteiger partial charge in [0.25, 0.3) is 0 Å². The van der Waals surface area contributed by atoms with Gasteiger partial charge in [-0.25, -0.2) is 14.3 Å². The second kappa shape index (κ2) is 7.63. The van der Waals surface area contributed by atoms with Crippen LogP contribution in [-0.4, -0.2) is 39.1 Å². The van der Waals surface area contributed by atoms with E-state index in [1.54, 1.807) is 6.07 Å². The van der Waals surface area contributed by atoms with Crippen molar-refractivity contribution in [2.24, 2.45) is 0 Å². The molecule has 1 atom stereocenters. The van der Waals surface area contributed by atoms with E-state index < -0.39 is 5.82 Å². The van der Waals surface area contributed by atoms with E-state index in [1.807, 2.05) is 0 Å². The summed E-state index contributed by atoms with van der Waals surface area (Å²) < 4.78 is 20.1. The lowest BCUT2D eigenvalue weighted by atomic mass is 10.2. The van der Waals surface area contributed by atoms with Crippen molar-refractivity contribution < 1.29 is 13.9 Å². The molecule has 1 aromatic carbocycles. The monoisotopic (exact) mass is 352 g/mol. The highest BCUT2D eigenvalue weighted by Crippen LogP contribution is 2.18. The van der Waals surface area contributed by atoms with Crippen LogP contribution in [0.2, 0.25) is 0 Å². The summed E-state index contributed by atoms with van der Waals surface area (Å²) in [6, 6.07) is 5.67. The molecule has 24 heavy (non-hydrogen) atoms. The van der Waals surface area contributed by atoms with Crippen LogP contribution in [0.4, 0.5) is 10.1 Å². The summed E-state index contributed by atoms with van der Waals surface area (Å²) in [5, 5.41) is 9.37. The molecule has 0 bridgehead atoms. The summed E-state index contributed by atoms with van der Waals surface area (Å²) >= 11 is 1.14. The van der Waals surface area contributed by atoms with Crippen LogP contribution in [0.15, 0.2) is 34.2 Å². The van der Waals surface area contributed by atoms with Gasteiger partial charge < -0.3 is 10.1 Å². The van der Waals surface area contributed by atoms with Crippen molar-refractivity contribution in [3.05, 3.63) is 40.6 Å². The highest BCUT2D eigenvalue weighted by Gasteiger charge is 2.20. The quantitative estimate of drug-likeness (QED) is 0.771. The zero-order chi connectivity index (χ0) is 16.9. The Balaban J connectivity index is 1.58. The number of benzene rings is 1. The summed E-state index contributed by atoms with van der Waals surface area (Å²) in [6.45, 7) is 1.12. The molecule has 1 aromatic heterocycles. The minimum Gasteiger partial charge on any atom is -0.376 e. The van der Waals surface area contributed by atoms with Crippen LogP contribution in [0.5, 0.6) is 0 Å². The summed E-state index contributed by atoms with van der Waals surface area (Å²) in [5.41, 5.74) is 0.0675. The van der Waals surface area contributed by atoms with E-state index in [-0.39, 0.29) is 23.5 Å². The van der Waals surface area contributed by atoms with E-state index in [4.69, 9.17) is 4.74 Å². The molecular weight excluding hydrogens is 335 g/mol. The molecule has 0 saturated carbocycles. The maximum Gasteiger partial charge on any atom is 0.344 e. The largest absolute Gasteiger partial charge is 0.376 e. The Bertz CT molecular complexity index is 770. The van der Waals surface area contributed by atoms with Gasteiger partial charge in [0, 0.05) is 12.3 Å². The van der Waals surface area contributed by atoms with E-state index >= 15 is 0 Å². The fraction of sp³-hybridized carbons (Fsp3) is 0.400. The predicted molar refractivity (Wildman–Crippen MR) is 87.6 cm³/mol. The van der Waals surface area contributed by atoms with Gasteiger partial charge in [-0.05, 0) is 31.0 Å². The molecule has 0 aliphatic carbocycles. The van der Waals surface area contributed by atoms with Gasteiger partial charge in [0.05, 0.1) is 18.4 Å². The molecule has 7 nitrogen and oxygen atoms in total. The molecule has 9 heteroatoms. The van der Waals surface area contributed by atoms with Crippen molar-refractivity contribution in [2.75, 3.05) is 17.7 Å². The van der Waals surface area contributed by atoms with Gasteiger partial charge in [0.1, 0.15) is 5.82 Å². The van der Waals surface area contributed by atoms with Crippen molar-refractivity contribution >= 4 is 23.4 Å². The van der Waals surface area contributed by atoms with Crippen molar-refractivity contribution in [3.63, 3.8) is 0 Å². The average molecular weight is 352 g/mol. The first-order valence-electron chi connectivity index (χ1n) is 7.57. The van der Waals surface area contributed by atoms with Crippen molar-refractivity contribution in [1.29, 1.82) is 0 Å². The zero-order valence-corrected chi connectivity index (χ0v) is 13.6. The Morgan fingerprint density at radius 3 is 3.17 bits per heavy atom. The number of H-pyrrole nitrogens is 1. The molecule has 1 aliphatic rings. The normalized spacial score (nSPS) is 17.1. The number of halogens is 1. The lowest BCUT2D eigenvalue weighted by molar-refractivity contribution is -0.113. The lowest BCUT2D eigenvalue weighted by Crippen LogP contribution is -2.25. The highest BCUT2D eigenvalue weighted by atomic mass is 32.2. The molecule has 2 N–H and O–H groups in total. The van der Waals surface area contributed by atoms with Gasteiger partial charge in [-0.2, -0.15) is 0 Å². The number of ether oxygens (including phenoxy) is 1. The Morgan fingerprint density at radius 2 is 2.42 bits per heavy atom. The standard InChI is InChI=1S/C15H17FN4O3S/c16-10-3-1-4-11(7-10)17-13(21)9-24-15-19-18-14(22)20(15)8-12-5-2-6-23-12/h1,3-4,7,12H,2,5-6,8-9H2,(H,17,21)(H,18,22)/t12-/m0/s1. The third-order valence-electron chi connectivity index (χ3n) is 3.57. The minimum absolute atomic E-state index is 0.000713. The Morgan fingerprint density at radius 1 is 1.54 bits per heavy atom. The van der Waals surface area contributed by atoms with Crippen molar-refractivity contribution in [3.8, 4) is 0 Å². The number of hydrogen-bond acceptors (Lipinski definition) is 5. The molecule has 0 spiro atoms.